The SMILES string of the molecule is Cc1cccc([C@@H]2[C@@H](C(=O)c3cccc(F)c3)CN(CCC3CNCCN3)C[C@@H]2c2ccccc2F)c1C. The quantitative estimate of drug-likeness (QED) is 0.422. The predicted octanol–water partition coefficient (Wildman–Crippen LogP) is 5.22. The summed E-state index contributed by atoms with van der Waals surface area (Å²) in [7, 11) is 0. The van der Waals surface area contributed by atoms with Crippen molar-refractivity contribution in [2.45, 2.75) is 38.1 Å². The van der Waals surface area contributed by atoms with E-state index >= 15 is 4.39 Å². The lowest BCUT2D eigenvalue weighted by atomic mass is 9.67. The topological polar surface area (TPSA) is 44.4 Å². The largest absolute Gasteiger partial charge is 0.314 e. The second-order valence-corrected chi connectivity index (χ2v) is 10.8. The minimum atomic E-state index is -0.437. The standard InChI is InChI=1S/C32H37F2N3O/c1-21-7-5-11-26(22(21)2)31-28(27-10-3-4-12-30(27)34)19-37(16-13-25-18-35-14-15-36-25)20-29(31)32(38)23-8-6-9-24(33)17-23/h3-12,17,25,28-29,31,35-36H,13-16,18-20H2,1-2H3/t25?,28-,29+,31+/m1/s1. The van der Waals surface area contributed by atoms with Crippen molar-refractivity contribution in [1.82, 2.24) is 15.5 Å². The van der Waals surface area contributed by atoms with E-state index in [9.17, 15) is 9.18 Å². The number of piperidine rings is 1. The number of rotatable bonds is 7. The number of aryl methyl sites for hydroxylation is 1. The number of carbonyl (C=O) groups is 1. The Balaban J connectivity index is 1.57. The summed E-state index contributed by atoms with van der Waals surface area (Å²) in [6.45, 7) is 9.00. The molecule has 2 saturated heterocycles. The number of carbonyl (C=O) groups excluding carboxylic acids is 1. The third-order valence-corrected chi connectivity index (χ3v) is 8.45. The third-order valence-electron chi connectivity index (χ3n) is 8.45. The number of hydrogen-bond donors (Lipinski definition) is 2. The van der Waals surface area contributed by atoms with Crippen LogP contribution in [0, 0.1) is 31.4 Å². The first-order chi connectivity index (χ1) is 18.4. The van der Waals surface area contributed by atoms with Crippen LogP contribution in [0.2, 0.25) is 0 Å². The van der Waals surface area contributed by atoms with Crippen molar-refractivity contribution in [2.75, 3.05) is 39.3 Å². The molecule has 200 valence electrons. The number of ketones is 1. The first kappa shape index (κ1) is 26.7. The lowest BCUT2D eigenvalue weighted by Crippen LogP contribution is -2.51. The molecular formula is C32H37F2N3O. The van der Waals surface area contributed by atoms with E-state index in [1.807, 2.05) is 18.2 Å². The van der Waals surface area contributed by atoms with Gasteiger partial charge in [-0.3, -0.25) is 4.79 Å². The van der Waals surface area contributed by atoms with Crippen LogP contribution in [-0.2, 0) is 0 Å². The van der Waals surface area contributed by atoms with Crippen LogP contribution in [0.3, 0.4) is 0 Å². The summed E-state index contributed by atoms with van der Waals surface area (Å²) in [4.78, 5) is 16.5. The van der Waals surface area contributed by atoms with Crippen molar-refractivity contribution in [3.63, 3.8) is 0 Å². The van der Waals surface area contributed by atoms with Gasteiger partial charge in [-0.2, -0.15) is 0 Å². The summed E-state index contributed by atoms with van der Waals surface area (Å²) in [5, 5.41) is 7.01. The summed E-state index contributed by atoms with van der Waals surface area (Å²) in [5.74, 6) is -1.64. The van der Waals surface area contributed by atoms with Crippen LogP contribution in [-0.4, -0.2) is 56.0 Å². The fourth-order valence-electron chi connectivity index (χ4n) is 6.31. The molecule has 0 amide bonds. The number of piperazine rings is 1. The fraction of sp³-hybridized carbons (Fsp3) is 0.406. The van der Waals surface area contributed by atoms with Gasteiger partial charge in [0.15, 0.2) is 5.78 Å². The summed E-state index contributed by atoms with van der Waals surface area (Å²) < 4.78 is 29.6. The van der Waals surface area contributed by atoms with E-state index in [4.69, 9.17) is 0 Å². The number of benzene rings is 3. The Kier molecular flexibility index (Phi) is 8.32. The van der Waals surface area contributed by atoms with Gasteiger partial charge in [0, 0.05) is 62.1 Å². The number of nitrogens with zero attached hydrogens (tertiary/aromatic N) is 1. The van der Waals surface area contributed by atoms with E-state index in [2.05, 4.69) is 41.5 Å². The highest BCUT2D eigenvalue weighted by Crippen LogP contribution is 2.46. The summed E-state index contributed by atoms with van der Waals surface area (Å²) in [5.41, 5.74) is 4.35. The lowest BCUT2D eigenvalue weighted by molar-refractivity contribution is 0.0728. The summed E-state index contributed by atoms with van der Waals surface area (Å²) in [6.07, 6.45) is 0.937. The molecule has 2 heterocycles. The van der Waals surface area contributed by atoms with Crippen LogP contribution in [0.4, 0.5) is 8.78 Å². The van der Waals surface area contributed by atoms with Gasteiger partial charge in [-0.05, 0) is 67.3 Å². The minimum Gasteiger partial charge on any atom is -0.314 e. The molecule has 3 aromatic carbocycles. The van der Waals surface area contributed by atoms with Crippen molar-refractivity contribution < 1.29 is 13.6 Å². The number of hydrogen-bond acceptors (Lipinski definition) is 4. The molecular weight excluding hydrogens is 480 g/mol. The molecule has 0 bridgehead atoms. The van der Waals surface area contributed by atoms with Crippen LogP contribution in [0.15, 0.2) is 66.7 Å². The molecule has 6 heteroatoms. The van der Waals surface area contributed by atoms with Crippen LogP contribution in [0.5, 0.6) is 0 Å². The molecule has 2 aliphatic heterocycles. The minimum absolute atomic E-state index is 0.0843. The molecule has 0 spiro atoms. The van der Waals surface area contributed by atoms with Crippen molar-refractivity contribution in [3.8, 4) is 0 Å². The first-order valence-electron chi connectivity index (χ1n) is 13.7. The molecule has 4 nitrogen and oxygen atoms in total. The molecule has 2 aliphatic rings. The Morgan fingerprint density at radius 2 is 1.74 bits per heavy atom. The zero-order chi connectivity index (χ0) is 26.6. The Bertz CT molecular complexity index is 1270. The molecule has 3 aromatic rings. The maximum Gasteiger partial charge on any atom is 0.167 e. The van der Waals surface area contributed by atoms with Crippen molar-refractivity contribution in [2.24, 2.45) is 5.92 Å². The summed E-state index contributed by atoms with van der Waals surface area (Å²) in [6, 6.07) is 19.5. The number of likely N-dealkylation sites (tertiary alicyclic amines) is 1. The maximum atomic E-state index is 15.4. The average Bonchev–Trinajstić information content (AvgIpc) is 2.93. The highest BCUT2D eigenvalue weighted by molar-refractivity contribution is 5.98. The van der Waals surface area contributed by atoms with Gasteiger partial charge in [0.1, 0.15) is 11.6 Å². The van der Waals surface area contributed by atoms with Crippen molar-refractivity contribution in [1.29, 1.82) is 0 Å². The maximum absolute atomic E-state index is 15.4. The smallest absolute Gasteiger partial charge is 0.167 e. The zero-order valence-corrected chi connectivity index (χ0v) is 22.2. The lowest BCUT2D eigenvalue weighted by Gasteiger charge is -2.45. The number of halogens is 2. The molecule has 5 rings (SSSR count). The van der Waals surface area contributed by atoms with Crippen LogP contribution >= 0.6 is 0 Å². The van der Waals surface area contributed by atoms with Gasteiger partial charge in [-0.15, -0.1) is 0 Å². The fourth-order valence-corrected chi connectivity index (χ4v) is 6.31. The van der Waals surface area contributed by atoms with E-state index in [1.54, 1.807) is 18.2 Å². The van der Waals surface area contributed by atoms with Crippen LogP contribution < -0.4 is 10.6 Å². The highest BCUT2D eigenvalue weighted by Gasteiger charge is 2.43. The molecule has 0 radical (unpaired) electrons. The van der Waals surface area contributed by atoms with E-state index in [0.29, 0.717) is 30.3 Å². The number of Topliss-reactive ketones (excluding diaryl/α,β-unsaturated/α-hetero) is 1. The zero-order valence-electron chi connectivity index (χ0n) is 22.2. The van der Waals surface area contributed by atoms with E-state index < -0.39 is 11.7 Å². The Morgan fingerprint density at radius 3 is 2.50 bits per heavy atom. The van der Waals surface area contributed by atoms with Crippen molar-refractivity contribution >= 4 is 5.78 Å². The van der Waals surface area contributed by atoms with E-state index in [0.717, 1.165) is 49.3 Å². The molecule has 0 aliphatic carbocycles. The van der Waals surface area contributed by atoms with Gasteiger partial charge in [-0.25, -0.2) is 8.78 Å². The molecule has 1 unspecified atom stereocenters. The monoisotopic (exact) mass is 517 g/mol. The molecule has 4 atom stereocenters. The van der Waals surface area contributed by atoms with Crippen LogP contribution in [0.1, 0.15) is 50.9 Å². The van der Waals surface area contributed by atoms with Gasteiger partial charge >= 0.3 is 0 Å². The normalized spacial score (nSPS) is 24.3. The Labute approximate surface area is 224 Å². The Morgan fingerprint density at radius 1 is 0.947 bits per heavy atom. The second kappa shape index (κ2) is 11.9. The second-order valence-electron chi connectivity index (χ2n) is 10.8. The van der Waals surface area contributed by atoms with Gasteiger partial charge in [0.25, 0.3) is 0 Å². The molecule has 38 heavy (non-hydrogen) atoms. The van der Waals surface area contributed by atoms with Gasteiger partial charge in [0.2, 0.25) is 0 Å². The Hall–Kier alpha value is -2.93. The molecule has 0 aromatic heterocycles. The van der Waals surface area contributed by atoms with Gasteiger partial charge in [0.05, 0.1) is 0 Å². The third kappa shape index (κ3) is 5.73. The predicted molar refractivity (Wildman–Crippen MR) is 148 cm³/mol. The molecule has 2 N–H and O–H groups in total. The average molecular weight is 518 g/mol. The molecule has 0 saturated carbocycles. The highest BCUT2D eigenvalue weighted by atomic mass is 19.1. The van der Waals surface area contributed by atoms with Crippen LogP contribution in [0.25, 0.3) is 0 Å². The van der Waals surface area contributed by atoms with Gasteiger partial charge < -0.3 is 15.5 Å². The van der Waals surface area contributed by atoms with E-state index in [-0.39, 0.29) is 23.4 Å². The van der Waals surface area contributed by atoms with Gasteiger partial charge in [-0.1, -0.05) is 48.5 Å². The van der Waals surface area contributed by atoms with E-state index in [1.165, 1.54) is 18.2 Å². The summed E-state index contributed by atoms with van der Waals surface area (Å²) >= 11 is 0. The first-order valence-corrected chi connectivity index (χ1v) is 13.7. The molecule has 2 fully saturated rings. The number of nitrogens with one attached hydrogen (secondary N) is 2. The van der Waals surface area contributed by atoms with Crippen molar-refractivity contribution in [3.05, 3.63) is 106 Å².